The molecule has 5 heteroatoms. The summed E-state index contributed by atoms with van der Waals surface area (Å²) in [4.78, 5) is 4.52. The average Bonchev–Trinajstić information content (AvgIpc) is 2.99. The number of phenolic OH excluding ortho intramolecular Hbond substituents is 1. The topological polar surface area (TPSA) is 59.2 Å². The SMILES string of the molecule is CCC1CCC(c2noc(-c3cc(I)ccc3O)n2)CC1. The molecular formula is C16H19IN2O2. The van der Waals surface area contributed by atoms with Crippen LogP contribution in [0.3, 0.4) is 0 Å². The molecule has 2 aromatic rings. The third kappa shape index (κ3) is 3.22. The van der Waals surface area contributed by atoms with Crippen molar-refractivity contribution in [3.05, 3.63) is 27.6 Å². The molecule has 1 heterocycles. The molecule has 1 saturated carbocycles. The van der Waals surface area contributed by atoms with Crippen LogP contribution in [0.4, 0.5) is 0 Å². The number of phenols is 1. The molecule has 0 aliphatic heterocycles. The molecule has 0 unspecified atom stereocenters. The van der Waals surface area contributed by atoms with Crippen molar-refractivity contribution in [1.29, 1.82) is 0 Å². The summed E-state index contributed by atoms with van der Waals surface area (Å²) in [5.74, 6) is 2.64. The number of aromatic nitrogens is 2. The van der Waals surface area contributed by atoms with Crippen LogP contribution >= 0.6 is 22.6 Å². The van der Waals surface area contributed by atoms with E-state index in [0.29, 0.717) is 17.4 Å². The molecule has 1 aromatic carbocycles. The van der Waals surface area contributed by atoms with Gasteiger partial charge in [-0.3, -0.25) is 0 Å². The van der Waals surface area contributed by atoms with Crippen LogP contribution in [0.1, 0.15) is 50.8 Å². The van der Waals surface area contributed by atoms with Crippen LogP contribution in [0.25, 0.3) is 11.5 Å². The molecule has 0 saturated heterocycles. The Kier molecular flexibility index (Phi) is 4.47. The summed E-state index contributed by atoms with van der Waals surface area (Å²) in [5, 5.41) is 14.1. The average molecular weight is 398 g/mol. The van der Waals surface area contributed by atoms with E-state index in [2.05, 4.69) is 39.7 Å². The third-order valence-corrected chi connectivity index (χ3v) is 5.09. The van der Waals surface area contributed by atoms with Crippen molar-refractivity contribution in [2.75, 3.05) is 0 Å². The minimum atomic E-state index is 0.181. The zero-order valence-electron chi connectivity index (χ0n) is 12.1. The molecule has 112 valence electrons. The Hall–Kier alpha value is -1.11. The Morgan fingerprint density at radius 2 is 2.05 bits per heavy atom. The van der Waals surface area contributed by atoms with E-state index < -0.39 is 0 Å². The van der Waals surface area contributed by atoms with Crippen molar-refractivity contribution in [2.24, 2.45) is 5.92 Å². The minimum Gasteiger partial charge on any atom is -0.507 e. The highest BCUT2D eigenvalue weighted by Crippen LogP contribution is 2.37. The Balaban J connectivity index is 1.79. The van der Waals surface area contributed by atoms with Crippen LogP contribution in [0, 0.1) is 9.49 Å². The van der Waals surface area contributed by atoms with Crippen molar-refractivity contribution in [3.63, 3.8) is 0 Å². The first kappa shape index (κ1) is 14.8. The fourth-order valence-corrected chi connectivity index (χ4v) is 3.51. The number of benzene rings is 1. The molecule has 1 fully saturated rings. The molecule has 3 rings (SSSR count). The van der Waals surface area contributed by atoms with Crippen LogP contribution < -0.4 is 0 Å². The molecule has 4 nitrogen and oxygen atoms in total. The van der Waals surface area contributed by atoms with Crippen molar-refractivity contribution in [1.82, 2.24) is 10.1 Å². The van der Waals surface area contributed by atoms with E-state index in [1.165, 1.54) is 19.3 Å². The van der Waals surface area contributed by atoms with E-state index in [1.807, 2.05) is 12.1 Å². The van der Waals surface area contributed by atoms with Gasteiger partial charge in [-0.2, -0.15) is 4.98 Å². The van der Waals surface area contributed by atoms with Gasteiger partial charge in [0.2, 0.25) is 0 Å². The summed E-state index contributed by atoms with van der Waals surface area (Å²) in [6.07, 6.45) is 6.03. The highest BCUT2D eigenvalue weighted by atomic mass is 127. The normalized spacial score (nSPS) is 22.4. The molecule has 1 aliphatic rings. The molecular weight excluding hydrogens is 379 g/mol. The van der Waals surface area contributed by atoms with Gasteiger partial charge in [0, 0.05) is 9.49 Å². The van der Waals surface area contributed by atoms with Crippen LogP contribution in [-0.4, -0.2) is 15.2 Å². The fourth-order valence-electron chi connectivity index (χ4n) is 3.02. The Bertz CT molecular complexity index is 618. The second kappa shape index (κ2) is 6.34. The minimum absolute atomic E-state index is 0.181. The van der Waals surface area contributed by atoms with Gasteiger partial charge >= 0.3 is 0 Å². The fraction of sp³-hybridized carbons (Fsp3) is 0.500. The lowest BCUT2D eigenvalue weighted by Gasteiger charge is -2.25. The molecule has 0 amide bonds. The number of halogens is 1. The quantitative estimate of drug-likeness (QED) is 0.760. The maximum absolute atomic E-state index is 9.94. The third-order valence-electron chi connectivity index (χ3n) is 4.42. The molecule has 0 bridgehead atoms. The number of hydrogen-bond donors (Lipinski definition) is 1. The highest BCUT2D eigenvalue weighted by Gasteiger charge is 2.25. The number of aromatic hydroxyl groups is 1. The van der Waals surface area contributed by atoms with Gasteiger partial charge < -0.3 is 9.63 Å². The van der Waals surface area contributed by atoms with Gasteiger partial charge in [0.05, 0.1) is 5.56 Å². The van der Waals surface area contributed by atoms with Crippen molar-refractivity contribution < 1.29 is 9.63 Å². The lowest BCUT2D eigenvalue weighted by molar-refractivity contribution is 0.305. The molecule has 1 N–H and O–H groups in total. The summed E-state index contributed by atoms with van der Waals surface area (Å²) in [6, 6.07) is 5.37. The molecule has 1 aromatic heterocycles. The molecule has 0 atom stereocenters. The van der Waals surface area contributed by atoms with Crippen molar-refractivity contribution in [2.45, 2.75) is 44.9 Å². The molecule has 1 aliphatic carbocycles. The van der Waals surface area contributed by atoms with Crippen molar-refractivity contribution >= 4 is 22.6 Å². The van der Waals surface area contributed by atoms with Gasteiger partial charge in [0.1, 0.15) is 5.75 Å². The van der Waals surface area contributed by atoms with Gasteiger partial charge in [0.15, 0.2) is 5.82 Å². The second-order valence-electron chi connectivity index (χ2n) is 5.75. The molecule has 0 radical (unpaired) electrons. The molecule has 0 spiro atoms. The number of nitrogens with zero attached hydrogens (tertiary/aromatic N) is 2. The zero-order valence-corrected chi connectivity index (χ0v) is 14.2. The lowest BCUT2D eigenvalue weighted by Crippen LogP contribution is -2.13. The van der Waals surface area contributed by atoms with Gasteiger partial charge in [-0.25, -0.2) is 0 Å². The largest absolute Gasteiger partial charge is 0.507 e. The first-order valence-electron chi connectivity index (χ1n) is 7.50. The van der Waals surface area contributed by atoms with E-state index in [-0.39, 0.29) is 5.75 Å². The monoisotopic (exact) mass is 398 g/mol. The predicted molar refractivity (Wildman–Crippen MR) is 89.1 cm³/mol. The standard InChI is InChI=1S/C16H19IN2O2/c1-2-10-3-5-11(6-4-10)15-18-16(21-19-15)13-9-12(17)7-8-14(13)20/h7-11,20H,2-6H2,1H3. The van der Waals surface area contributed by atoms with E-state index in [9.17, 15) is 5.11 Å². The first-order valence-corrected chi connectivity index (χ1v) is 8.57. The summed E-state index contributed by atoms with van der Waals surface area (Å²) in [7, 11) is 0. The van der Waals surface area contributed by atoms with Gasteiger partial charge in [0.25, 0.3) is 5.89 Å². The summed E-state index contributed by atoms with van der Waals surface area (Å²) < 4.78 is 6.40. The van der Waals surface area contributed by atoms with Gasteiger partial charge in [-0.1, -0.05) is 18.5 Å². The van der Waals surface area contributed by atoms with E-state index in [1.54, 1.807) is 6.07 Å². The van der Waals surface area contributed by atoms with Crippen molar-refractivity contribution in [3.8, 4) is 17.2 Å². The van der Waals surface area contributed by atoms with Gasteiger partial charge in [-0.15, -0.1) is 0 Å². The maximum atomic E-state index is 9.94. The van der Waals surface area contributed by atoms with E-state index in [0.717, 1.165) is 28.2 Å². The Morgan fingerprint density at radius 3 is 2.76 bits per heavy atom. The first-order chi connectivity index (χ1) is 10.2. The Labute approximate surface area is 138 Å². The van der Waals surface area contributed by atoms with Crippen LogP contribution in [-0.2, 0) is 0 Å². The van der Waals surface area contributed by atoms with Crippen LogP contribution in [0.15, 0.2) is 22.7 Å². The predicted octanol–water partition coefficient (Wildman–Crippen LogP) is 4.73. The van der Waals surface area contributed by atoms with Gasteiger partial charge in [-0.05, 0) is 72.4 Å². The Morgan fingerprint density at radius 1 is 1.29 bits per heavy atom. The van der Waals surface area contributed by atoms with Crippen LogP contribution in [0.2, 0.25) is 0 Å². The number of rotatable bonds is 3. The number of hydrogen-bond acceptors (Lipinski definition) is 4. The summed E-state index contributed by atoms with van der Waals surface area (Å²) >= 11 is 2.20. The highest BCUT2D eigenvalue weighted by molar-refractivity contribution is 14.1. The smallest absolute Gasteiger partial charge is 0.261 e. The maximum Gasteiger partial charge on any atom is 0.261 e. The van der Waals surface area contributed by atoms with E-state index in [4.69, 9.17) is 4.52 Å². The van der Waals surface area contributed by atoms with Crippen LogP contribution in [0.5, 0.6) is 5.75 Å². The van der Waals surface area contributed by atoms with E-state index >= 15 is 0 Å². The molecule has 21 heavy (non-hydrogen) atoms. The zero-order chi connectivity index (χ0) is 14.8. The lowest BCUT2D eigenvalue weighted by atomic mass is 9.80. The second-order valence-corrected chi connectivity index (χ2v) is 6.99. The summed E-state index contributed by atoms with van der Waals surface area (Å²) in [6.45, 7) is 2.26. The summed E-state index contributed by atoms with van der Waals surface area (Å²) in [5.41, 5.74) is 0.614.